The number of ether oxygens (including phenoxy) is 1. The lowest BCUT2D eigenvalue weighted by Gasteiger charge is -2.47. The molecule has 0 aliphatic carbocycles. The van der Waals surface area contributed by atoms with Crippen molar-refractivity contribution in [2.75, 3.05) is 37.7 Å². The molecule has 2 fully saturated rings. The van der Waals surface area contributed by atoms with Crippen molar-refractivity contribution in [1.29, 1.82) is 0 Å². The van der Waals surface area contributed by atoms with E-state index in [2.05, 4.69) is 19.2 Å². The molecule has 3 amide bonds. The molecule has 2 saturated heterocycles. The quantitative estimate of drug-likeness (QED) is 0.516. The maximum absolute atomic E-state index is 12.3. The second kappa shape index (κ2) is 8.58. The van der Waals surface area contributed by atoms with E-state index >= 15 is 0 Å². The Balaban J connectivity index is 1.63. The molecular formula is C17H29N3O5S. The molecule has 4 N–H and O–H groups in total. The predicted molar refractivity (Wildman–Crippen MR) is 98.4 cm³/mol. The average Bonchev–Trinajstić information content (AvgIpc) is 2.52. The van der Waals surface area contributed by atoms with Gasteiger partial charge in [-0.3, -0.25) is 14.4 Å². The Morgan fingerprint density at radius 1 is 1.31 bits per heavy atom. The van der Waals surface area contributed by atoms with E-state index in [1.807, 2.05) is 0 Å². The third-order valence-electron chi connectivity index (χ3n) is 4.67. The van der Waals surface area contributed by atoms with E-state index in [9.17, 15) is 19.5 Å². The Morgan fingerprint density at radius 2 is 2.00 bits per heavy atom. The molecule has 0 saturated carbocycles. The zero-order valence-corrected chi connectivity index (χ0v) is 16.3. The van der Waals surface area contributed by atoms with Crippen LogP contribution in [0.15, 0.2) is 0 Å². The smallest absolute Gasteiger partial charge is 0.230 e. The van der Waals surface area contributed by atoms with Crippen LogP contribution in [0.2, 0.25) is 0 Å². The van der Waals surface area contributed by atoms with Crippen molar-refractivity contribution in [3.05, 3.63) is 0 Å². The van der Waals surface area contributed by atoms with E-state index in [0.29, 0.717) is 13.0 Å². The summed E-state index contributed by atoms with van der Waals surface area (Å²) in [5.74, 6) is -0.576. The van der Waals surface area contributed by atoms with Gasteiger partial charge >= 0.3 is 0 Å². The number of primary amides is 1. The summed E-state index contributed by atoms with van der Waals surface area (Å²) in [6.07, 6.45) is 2.19. The van der Waals surface area contributed by atoms with Gasteiger partial charge in [-0.15, -0.1) is 11.8 Å². The number of carbonyl (C=O) groups is 3. The number of aliphatic hydroxyl groups is 1. The highest BCUT2D eigenvalue weighted by atomic mass is 32.2. The number of hydrogen-bond donors (Lipinski definition) is 3. The standard InChI is InChI=1S/C17H29N3O5S/c1-16(2)4-3-12(25-11-16)5-15(23)20-9-17(24,10-20)8-19-14(22)7-26-6-13(18)21/h12,24H,3-11H2,1-2H3,(H2,18,21)(H,19,22). The van der Waals surface area contributed by atoms with E-state index in [-0.39, 0.29) is 54.5 Å². The first-order valence-electron chi connectivity index (χ1n) is 8.83. The molecule has 0 bridgehead atoms. The number of β-amino-alcohol motifs (C(OH)–C–C–N with tert-alkyl or cyclic N) is 1. The topological polar surface area (TPSA) is 122 Å². The van der Waals surface area contributed by atoms with Crippen LogP contribution < -0.4 is 11.1 Å². The van der Waals surface area contributed by atoms with Crippen LogP contribution >= 0.6 is 11.8 Å². The first kappa shape index (κ1) is 21.0. The lowest BCUT2D eigenvalue weighted by Crippen LogP contribution is -2.67. The Morgan fingerprint density at radius 3 is 2.58 bits per heavy atom. The zero-order valence-electron chi connectivity index (χ0n) is 15.5. The predicted octanol–water partition coefficient (Wildman–Crippen LogP) is -0.510. The minimum absolute atomic E-state index is 0.0253. The van der Waals surface area contributed by atoms with Crippen molar-refractivity contribution in [3.8, 4) is 0 Å². The molecule has 148 valence electrons. The SMILES string of the molecule is CC1(C)CCC(CC(=O)N2CC(O)(CNC(=O)CSCC(N)=O)C2)OC1. The van der Waals surface area contributed by atoms with Gasteiger partial charge in [0, 0.05) is 6.54 Å². The molecule has 0 aromatic rings. The number of rotatable bonds is 8. The van der Waals surface area contributed by atoms with Gasteiger partial charge in [0.1, 0.15) is 5.60 Å². The average molecular weight is 388 g/mol. The van der Waals surface area contributed by atoms with Gasteiger partial charge in [-0.25, -0.2) is 0 Å². The summed E-state index contributed by atoms with van der Waals surface area (Å²) in [5.41, 5.74) is 4.08. The molecule has 9 heteroatoms. The number of amides is 3. The largest absolute Gasteiger partial charge is 0.384 e. The summed E-state index contributed by atoms with van der Waals surface area (Å²) in [6, 6.07) is 0. The maximum atomic E-state index is 12.3. The summed E-state index contributed by atoms with van der Waals surface area (Å²) in [6.45, 7) is 5.47. The third-order valence-corrected chi connectivity index (χ3v) is 5.63. The fourth-order valence-corrected chi connectivity index (χ4v) is 3.64. The summed E-state index contributed by atoms with van der Waals surface area (Å²) in [5, 5.41) is 13.0. The minimum Gasteiger partial charge on any atom is -0.384 e. The molecule has 0 radical (unpaired) electrons. The monoisotopic (exact) mass is 387 g/mol. The van der Waals surface area contributed by atoms with Gasteiger partial charge in [-0.1, -0.05) is 13.8 Å². The van der Waals surface area contributed by atoms with Crippen LogP contribution in [0.1, 0.15) is 33.1 Å². The summed E-state index contributed by atoms with van der Waals surface area (Å²) in [4.78, 5) is 36.1. The Labute approximate surface area is 158 Å². The lowest BCUT2D eigenvalue weighted by atomic mass is 9.84. The van der Waals surface area contributed by atoms with Crippen molar-refractivity contribution < 1.29 is 24.2 Å². The second-order valence-electron chi connectivity index (χ2n) is 8.05. The molecule has 0 spiro atoms. The Hall–Kier alpha value is -1.32. The summed E-state index contributed by atoms with van der Waals surface area (Å²) < 4.78 is 5.77. The van der Waals surface area contributed by atoms with E-state index in [4.69, 9.17) is 10.5 Å². The van der Waals surface area contributed by atoms with Gasteiger partial charge in [0.15, 0.2) is 0 Å². The fraction of sp³-hybridized carbons (Fsp3) is 0.824. The van der Waals surface area contributed by atoms with Crippen LogP contribution in [-0.2, 0) is 19.1 Å². The van der Waals surface area contributed by atoms with Gasteiger partial charge < -0.3 is 25.8 Å². The Bertz CT molecular complexity index is 539. The second-order valence-corrected chi connectivity index (χ2v) is 9.04. The molecule has 8 nitrogen and oxygen atoms in total. The number of nitrogens with zero attached hydrogens (tertiary/aromatic N) is 1. The summed E-state index contributed by atoms with van der Waals surface area (Å²) >= 11 is 1.12. The van der Waals surface area contributed by atoms with E-state index < -0.39 is 11.5 Å². The molecule has 1 unspecified atom stereocenters. The van der Waals surface area contributed by atoms with Crippen LogP contribution in [0, 0.1) is 5.41 Å². The maximum Gasteiger partial charge on any atom is 0.230 e. The first-order valence-corrected chi connectivity index (χ1v) is 9.99. The molecule has 2 aliphatic heterocycles. The highest BCUT2D eigenvalue weighted by Crippen LogP contribution is 2.31. The highest BCUT2D eigenvalue weighted by molar-refractivity contribution is 8.00. The number of hydrogen-bond acceptors (Lipinski definition) is 6. The van der Waals surface area contributed by atoms with Crippen LogP contribution in [0.5, 0.6) is 0 Å². The van der Waals surface area contributed by atoms with Crippen molar-refractivity contribution in [1.82, 2.24) is 10.2 Å². The number of carbonyl (C=O) groups excluding carboxylic acids is 3. The van der Waals surface area contributed by atoms with Gasteiger partial charge in [-0.05, 0) is 18.3 Å². The third kappa shape index (κ3) is 6.44. The van der Waals surface area contributed by atoms with Gasteiger partial charge in [-0.2, -0.15) is 0 Å². The molecule has 0 aromatic carbocycles. The molecule has 2 heterocycles. The Kier molecular flexibility index (Phi) is 6.92. The number of nitrogens with two attached hydrogens (primary N) is 1. The van der Waals surface area contributed by atoms with E-state index in [0.717, 1.165) is 24.6 Å². The number of likely N-dealkylation sites (tertiary alicyclic amines) is 1. The number of thioether (sulfide) groups is 1. The van der Waals surface area contributed by atoms with Gasteiger partial charge in [0.2, 0.25) is 17.7 Å². The van der Waals surface area contributed by atoms with E-state index in [1.165, 1.54) is 0 Å². The van der Waals surface area contributed by atoms with Crippen molar-refractivity contribution >= 4 is 29.5 Å². The highest BCUT2D eigenvalue weighted by Gasteiger charge is 2.44. The van der Waals surface area contributed by atoms with Crippen molar-refractivity contribution in [2.24, 2.45) is 11.1 Å². The molecule has 2 rings (SSSR count). The van der Waals surface area contributed by atoms with Crippen molar-refractivity contribution in [3.63, 3.8) is 0 Å². The molecule has 2 aliphatic rings. The van der Waals surface area contributed by atoms with Crippen LogP contribution in [-0.4, -0.2) is 77.2 Å². The lowest BCUT2D eigenvalue weighted by molar-refractivity contribution is -0.159. The van der Waals surface area contributed by atoms with Crippen LogP contribution in [0.25, 0.3) is 0 Å². The van der Waals surface area contributed by atoms with Gasteiger partial charge in [0.25, 0.3) is 0 Å². The van der Waals surface area contributed by atoms with Gasteiger partial charge in [0.05, 0.1) is 43.7 Å². The summed E-state index contributed by atoms with van der Waals surface area (Å²) in [7, 11) is 0. The minimum atomic E-state index is -1.09. The zero-order chi connectivity index (χ0) is 19.4. The number of nitrogens with one attached hydrogen (secondary N) is 1. The van der Waals surface area contributed by atoms with Crippen LogP contribution in [0.3, 0.4) is 0 Å². The normalized spacial score (nSPS) is 23.8. The fourth-order valence-electron chi connectivity index (χ4n) is 3.05. The molecule has 1 atom stereocenters. The molecule has 0 aromatic heterocycles. The first-order chi connectivity index (χ1) is 12.1. The van der Waals surface area contributed by atoms with E-state index in [1.54, 1.807) is 4.90 Å². The van der Waals surface area contributed by atoms with Crippen molar-refractivity contribution in [2.45, 2.75) is 44.8 Å². The molecular weight excluding hydrogens is 358 g/mol. The van der Waals surface area contributed by atoms with Crippen LogP contribution in [0.4, 0.5) is 0 Å². The molecule has 26 heavy (non-hydrogen) atoms.